The largest absolute Gasteiger partial charge is 0.463 e. The topological polar surface area (TPSA) is 63.7 Å². The second-order valence-electron chi connectivity index (χ2n) is 5.60. The molecular formula is C19H17ClFNO4. The molecule has 0 aliphatic carbocycles. The molecule has 2 rings (SSSR count). The number of methoxy groups -OCH3 is 1. The van der Waals surface area contributed by atoms with Crippen LogP contribution in [0.2, 0.25) is 5.02 Å². The maximum absolute atomic E-state index is 13.1. The van der Waals surface area contributed by atoms with Gasteiger partial charge in [0.15, 0.2) is 0 Å². The molecule has 26 heavy (non-hydrogen) atoms. The zero-order valence-corrected chi connectivity index (χ0v) is 14.8. The molecular weight excluding hydrogens is 361 g/mol. The molecule has 0 spiro atoms. The number of carbonyl (C=O) groups is 3. The Morgan fingerprint density at radius 2 is 1.69 bits per heavy atom. The number of nitrogens with zero attached hydrogens (tertiary/aromatic N) is 1. The minimum atomic E-state index is -1.07. The minimum absolute atomic E-state index is 0.153. The van der Waals surface area contributed by atoms with E-state index in [0.29, 0.717) is 10.6 Å². The van der Waals surface area contributed by atoms with Crippen LogP contribution < -0.4 is 0 Å². The highest BCUT2D eigenvalue weighted by molar-refractivity contribution is 6.36. The van der Waals surface area contributed by atoms with E-state index in [-0.39, 0.29) is 18.9 Å². The maximum Gasteiger partial charge on any atom is 0.374 e. The van der Waals surface area contributed by atoms with E-state index in [2.05, 4.69) is 4.74 Å². The zero-order chi connectivity index (χ0) is 19.1. The first-order chi connectivity index (χ1) is 12.4. The molecule has 0 saturated carbocycles. The lowest BCUT2D eigenvalue weighted by molar-refractivity contribution is -0.153. The zero-order valence-electron chi connectivity index (χ0n) is 14.1. The predicted octanol–water partition coefficient (Wildman–Crippen LogP) is 3.14. The highest BCUT2D eigenvalue weighted by atomic mass is 35.5. The average molecular weight is 378 g/mol. The molecule has 7 heteroatoms. The van der Waals surface area contributed by atoms with Crippen LogP contribution in [0, 0.1) is 5.82 Å². The van der Waals surface area contributed by atoms with Gasteiger partial charge in [0.05, 0.1) is 13.5 Å². The summed E-state index contributed by atoms with van der Waals surface area (Å²) in [6, 6.07) is 12.6. The van der Waals surface area contributed by atoms with Gasteiger partial charge < -0.3 is 9.64 Å². The van der Waals surface area contributed by atoms with Crippen molar-refractivity contribution in [3.63, 3.8) is 0 Å². The molecule has 0 saturated heterocycles. The fourth-order valence-corrected chi connectivity index (χ4v) is 2.55. The monoisotopic (exact) mass is 377 g/mol. The van der Waals surface area contributed by atoms with E-state index in [1.165, 1.54) is 17.0 Å². The summed E-state index contributed by atoms with van der Waals surface area (Å²) in [6.45, 7) is 0.339. The van der Waals surface area contributed by atoms with Gasteiger partial charge in [0.1, 0.15) is 5.82 Å². The molecule has 2 aromatic rings. The van der Waals surface area contributed by atoms with Crippen LogP contribution >= 0.6 is 11.6 Å². The van der Waals surface area contributed by atoms with Gasteiger partial charge in [0, 0.05) is 18.1 Å². The molecule has 0 N–H and O–H groups in total. The van der Waals surface area contributed by atoms with Gasteiger partial charge in [-0.15, -0.1) is 0 Å². The minimum Gasteiger partial charge on any atom is -0.463 e. The number of hydrogen-bond acceptors (Lipinski definition) is 4. The predicted molar refractivity (Wildman–Crippen MR) is 93.7 cm³/mol. The Hall–Kier alpha value is -2.73. The van der Waals surface area contributed by atoms with Gasteiger partial charge in [-0.1, -0.05) is 35.9 Å². The lowest BCUT2D eigenvalue weighted by Crippen LogP contribution is -2.33. The fraction of sp³-hybridized carbons (Fsp3) is 0.211. The molecule has 0 bridgehead atoms. The van der Waals surface area contributed by atoms with Crippen molar-refractivity contribution in [2.45, 2.75) is 19.5 Å². The summed E-state index contributed by atoms with van der Waals surface area (Å²) in [5.41, 5.74) is 1.45. The molecule has 0 fully saturated rings. The first-order valence-electron chi connectivity index (χ1n) is 7.77. The van der Waals surface area contributed by atoms with Crippen molar-refractivity contribution in [3.8, 4) is 0 Å². The summed E-state index contributed by atoms with van der Waals surface area (Å²) < 4.78 is 17.4. The number of esters is 1. The third kappa shape index (κ3) is 5.67. The first kappa shape index (κ1) is 19.6. The van der Waals surface area contributed by atoms with Crippen LogP contribution in [-0.4, -0.2) is 29.7 Å². The van der Waals surface area contributed by atoms with Crippen molar-refractivity contribution in [2.75, 3.05) is 7.11 Å². The molecule has 0 radical (unpaired) electrons. The van der Waals surface area contributed by atoms with E-state index in [9.17, 15) is 18.8 Å². The Bertz CT molecular complexity index is 807. The lowest BCUT2D eigenvalue weighted by atomic mass is 10.1. The van der Waals surface area contributed by atoms with Crippen LogP contribution in [0.3, 0.4) is 0 Å². The van der Waals surface area contributed by atoms with E-state index in [1.54, 1.807) is 36.4 Å². The number of amides is 1. The van der Waals surface area contributed by atoms with Crippen molar-refractivity contribution in [2.24, 2.45) is 0 Å². The van der Waals surface area contributed by atoms with Crippen LogP contribution in [-0.2, 0) is 32.2 Å². The fourth-order valence-electron chi connectivity index (χ4n) is 2.33. The second kappa shape index (κ2) is 9.10. The molecule has 0 atom stereocenters. The molecule has 0 aliphatic rings. The quantitative estimate of drug-likeness (QED) is 0.422. The molecule has 0 aliphatic heterocycles. The van der Waals surface area contributed by atoms with Gasteiger partial charge >= 0.3 is 5.97 Å². The van der Waals surface area contributed by atoms with Gasteiger partial charge in [0.2, 0.25) is 11.7 Å². The maximum atomic E-state index is 13.1. The van der Waals surface area contributed by atoms with Gasteiger partial charge in [-0.05, 0) is 35.4 Å². The van der Waals surface area contributed by atoms with Crippen molar-refractivity contribution in [1.82, 2.24) is 4.90 Å². The Morgan fingerprint density at radius 1 is 1.04 bits per heavy atom. The average Bonchev–Trinajstić information content (AvgIpc) is 2.62. The highest BCUT2D eigenvalue weighted by Crippen LogP contribution is 2.16. The lowest BCUT2D eigenvalue weighted by Gasteiger charge is -2.23. The summed E-state index contributed by atoms with van der Waals surface area (Å²) in [5.74, 6) is -2.91. The van der Waals surface area contributed by atoms with Crippen molar-refractivity contribution in [1.29, 1.82) is 0 Å². The van der Waals surface area contributed by atoms with E-state index in [1.807, 2.05) is 0 Å². The summed E-state index contributed by atoms with van der Waals surface area (Å²) in [7, 11) is 1.08. The van der Waals surface area contributed by atoms with E-state index >= 15 is 0 Å². The highest BCUT2D eigenvalue weighted by Gasteiger charge is 2.23. The van der Waals surface area contributed by atoms with Gasteiger partial charge in [-0.2, -0.15) is 0 Å². The van der Waals surface area contributed by atoms with Crippen LogP contribution in [0.15, 0.2) is 48.5 Å². The van der Waals surface area contributed by atoms with Gasteiger partial charge in [-0.25, -0.2) is 9.18 Å². The normalized spacial score (nSPS) is 10.3. The molecule has 0 aromatic heterocycles. The third-order valence-corrected chi connectivity index (χ3v) is 3.86. The number of carbonyl (C=O) groups excluding carboxylic acids is 3. The molecule has 0 unspecified atom stereocenters. The Morgan fingerprint density at radius 3 is 2.31 bits per heavy atom. The number of Topliss-reactive ketones (excluding diaryl/α,β-unsaturated/α-hetero) is 1. The SMILES string of the molecule is COC(=O)C(=O)CC(=O)N(Cc1ccc(F)cc1)Cc1cccc(Cl)c1. The second-order valence-corrected chi connectivity index (χ2v) is 6.03. The summed E-state index contributed by atoms with van der Waals surface area (Å²) in [4.78, 5) is 36.9. The van der Waals surface area contributed by atoms with Crippen molar-refractivity contribution >= 4 is 29.3 Å². The van der Waals surface area contributed by atoms with E-state index < -0.39 is 24.1 Å². The van der Waals surface area contributed by atoms with Gasteiger partial charge in [0.25, 0.3) is 0 Å². The molecule has 2 aromatic carbocycles. The van der Waals surface area contributed by atoms with E-state index in [4.69, 9.17) is 11.6 Å². The van der Waals surface area contributed by atoms with Crippen LogP contribution in [0.1, 0.15) is 17.5 Å². The number of rotatable bonds is 7. The first-order valence-corrected chi connectivity index (χ1v) is 8.14. The molecule has 5 nitrogen and oxygen atoms in total. The molecule has 136 valence electrons. The van der Waals surface area contributed by atoms with Crippen LogP contribution in [0.25, 0.3) is 0 Å². The number of halogens is 2. The number of ketones is 1. The van der Waals surface area contributed by atoms with Crippen LogP contribution in [0.5, 0.6) is 0 Å². The number of ether oxygens (including phenoxy) is 1. The molecule has 1 amide bonds. The summed E-state index contributed by atoms with van der Waals surface area (Å²) in [6.07, 6.45) is -0.603. The van der Waals surface area contributed by atoms with E-state index in [0.717, 1.165) is 12.7 Å². The standard InChI is InChI=1S/C19H17ClFNO4/c1-26-19(25)17(23)10-18(24)22(11-13-5-7-16(21)8-6-13)12-14-3-2-4-15(20)9-14/h2-9H,10-12H2,1H3. The third-order valence-electron chi connectivity index (χ3n) is 3.63. The smallest absolute Gasteiger partial charge is 0.374 e. The number of hydrogen-bond donors (Lipinski definition) is 0. The summed E-state index contributed by atoms with van der Waals surface area (Å²) >= 11 is 5.97. The van der Waals surface area contributed by atoms with Crippen LogP contribution in [0.4, 0.5) is 4.39 Å². The Labute approximate surface area is 155 Å². The Kier molecular flexibility index (Phi) is 6.86. The van der Waals surface area contributed by atoms with Gasteiger partial charge in [-0.3, -0.25) is 9.59 Å². The van der Waals surface area contributed by atoms with Crippen molar-refractivity contribution in [3.05, 3.63) is 70.5 Å². The molecule has 0 heterocycles. The summed E-state index contributed by atoms with van der Waals surface area (Å²) in [5, 5.41) is 0.516. The van der Waals surface area contributed by atoms with Crippen molar-refractivity contribution < 1.29 is 23.5 Å². The Balaban J connectivity index is 2.19. The number of benzene rings is 2.